The summed E-state index contributed by atoms with van der Waals surface area (Å²) in [5.74, 6) is 0. The molecule has 1 aliphatic heterocycles. The SMILES string of the molecule is O=P(O)(O)C1(P(=O)(O)O)C=C2CNC=C(Br)C2=C1. The summed E-state index contributed by atoms with van der Waals surface area (Å²) in [6.07, 6.45) is 3.47. The molecule has 100 valence electrons. The molecule has 0 aromatic heterocycles. The fraction of sp³-hybridized carbons (Fsp3) is 0.250. The van der Waals surface area contributed by atoms with Gasteiger partial charge in [-0.2, -0.15) is 0 Å². The normalized spacial score (nSPS) is 22.6. The Morgan fingerprint density at radius 2 is 1.72 bits per heavy atom. The molecule has 1 heterocycles. The molecule has 0 spiro atoms. The van der Waals surface area contributed by atoms with E-state index in [0.29, 0.717) is 15.6 Å². The molecule has 0 aromatic carbocycles. The summed E-state index contributed by atoms with van der Waals surface area (Å²) in [6.45, 7) is 0.253. The van der Waals surface area contributed by atoms with E-state index in [1.165, 1.54) is 0 Å². The lowest BCUT2D eigenvalue weighted by Crippen LogP contribution is -2.22. The van der Waals surface area contributed by atoms with Crippen LogP contribution < -0.4 is 5.32 Å². The summed E-state index contributed by atoms with van der Waals surface area (Å²) in [6, 6.07) is 0. The molecule has 0 radical (unpaired) electrons. The van der Waals surface area contributed by atoms with Crippen molar-refractivity contribution in [3.63, 3.8) is 0 Å². The van der Waals surface area contributed by atoms with E-state index in [1.807, 2.05) is 0 Å². The Morgan fingerprint density at radius 3 is 2.17 bits per heavy atom. The summed E-state index contributed by atoms with van der Waals surface area (Å²) in [7, 11) is -10.1. The minimum Gasteiger partial charge on any atom is -0.386 e. The highest BCUT2D eigenvalue weighted by Gasteiger charge is 2.60. The minimum absolute atomic E-state index is 0.253. The lowest BCUT2D eigenvalue weighted by atomic mass is 10.1. The van der Waals surface area contributed by atoms with Crippen molar-refractivity contribution in [1.82, 2.24) is 5.32 Å². The van der Waals surface area contributed by atoms with Gasteiger partial charge < -0.3 is 24.9 Å². The summed E-state index contributed by atoms with van der Waals surface area (Å²) in [4.78, 5) is 34.7. The average Bonchev–Trinajstić information content (AvgIpc) is 2.57. The maximum atomic E-state index is 11.5. The third kappa shape index (κ3) is 1.98. The molecule has 5 N–H and O–H groups in total. The van der Waals surface area contributed by atoms with Gasteiger partial charge in [0.2, 0.25) is 4.90 Å². The van der Waals surface area contributed by atoms with Crippen LogP contribution in [0.2, 0.25) is 0 Å². The minimum atomic E-state index is -5.06. The summed E-state index contributed by atoms with van der Waals surface area (Å²) in [5.41, 5.74) is 0.830. The highest BCUT2D eigenvalue weighted by atomic mass is 79.9. The first-order valence-electron chi connectivity index (χ1n) is 4.74. The van der Waals surface area contributed by atoms with Crippen molar-refractivity contribution in [2.24, 2.45) is 0 Å². The largest absolute Gasteiger partial charge is 0.386 e. The third-order valence-corrected chi connectivity index (χ3v) is 7.40. The van der Waals surface area contributed by atoms with Gasteiger partial charge in [0.25, 0.3) is 0 Å². The molecule has 0 aromatic rings. The number of fused-ring (bicyclic) bond motifs is 1. The highest BCUT2D eigenvalue weighted by Crippen LogP contribution is 2.73. The number of hydrogen-bond donors (Lipinski definition) is 5. The van der Waals surface area contributed by atoms with E-state index >= 15 is 0 Å². The van der Waals surface area contributed by atoms with E-state index in [1.54, 1.807) is 6.20 Å². The standard InChI is InChI=1S/C8H10BrNO6P2/c9-7-4-10-3-5-1-8(2-6(5)7,17(11,12)13)18(14,15)16/h1-2,4,10H,3H2,(H2,11,12,13)(H2,14,15,16). The first kappa shape index (κ1) is 14.2. The quantitative estimate of drug-likeness (QED) is 0.461. The van der Waals surface area contributed by atoms with Crippen LogP contribution in [-0.4, -0.2) is 31.0 Å². The van der Waals surface area contributed by atoms with Crippen LogP contribution in [0.15, 0.2) is 34.0 Å². The topological polar surface area (TPSA) is 127 Å². The van der Waals surface area contributed by atoms with Crippen molar-refractivity contribution in [2.45, 2.75) is 4.90 Å². The molecule has 0 bridgehead atoms. The van der Waals surface area contributed by atoms with E-state index in [2.05, 4.69) is 21.2 Å². The van der Waals surface area contributed by atoms with Crippen molar-refractivity contribution in [1.29, 1.82) is 0 Å². The Balaban J connectivity index is 2.70. The van der Waals surface area contributed by atoms with Gasteiger partial charge in [0.05, 0.1) is 0 Å². The van der Waals surface area contributed by atoms with Crippen molar-refractivity contribution in [3.8, 4) is 0 Å². The zero-order chi connectivity index (χ0) is 13.8. The van der Waals surface area contributed by atoms with Crippen LogP contribution in [0, 0.1) is 0 Å². The van der Waals surface area contributed by atoms with E-state index in [0.717, 1.165) is 12.2 Å². The zero-order valence-corrected chi connectivity index (χ0v) is 12.2. The monoisotopic (exact) mass is 357 g/mol. The van der Waals surface area contributed by atoms with Crippen LogP contribution in [0.25, 0.3) is 0 Å². The predicted molar refractivity (Wildman–Crippen MR) is 68.0 cm³/mol. The molecule has 1 aliphatic carbocycles. The molecule has 0 amide bonds. The molecular formula is C8H10BrNO6P2. The van der Waals surface area contributed by atoms with Gasteiger partial charge in [-0.3, -0.25) is 9.13 Å². The average molecular weight is 358 g/mol. The van der Waals surface area contributed by atoms with E-state index in [9.17, 15) is 28.7 Å². The zero-order valence-electron chi connectivity index (χ0n) is 8.82. The van der Waals surface area contributed by atoms with Crippen molar-refractivity contribution in [3.05, 3.63) is 34.0 Å². The number of halogens is 1. The Labute approximate surface area is 111 Å². The first-order valence-corrected chi connectivity index (χ1v) is 8.76. The van der Waals surface area contributed by atoms with Crippen molar-refractivity contribution < 1.29 is 28.7 Å². The fourth-order valence-electron chi connectivity index (χ4n) is 1.88. The number of hydrogen-bond acceptors (Lipinski definition) is 3. The Bertz CT molecular complexity index is 560. The molecule has 0 saturated heterocycles. The van der Waals surface area contributed by atoms with Gasteiger partial charge in [-0.1, -0.05) is 0 Å². The molecule has 18 heavy (non-hydrogen) atoms. The van der Waals surface area contributed by atoms with Gasteiger partial charge in [0.15, 0.2) is 0 Å². The van der Waals surface area contributed by atoms with Gasteiger partial charge in [-0.15, -0.1) is 0 Å². The fourth-order valence-corrected chi connectivity index (χ4v) is 5.02. The number of rotatable bonds is 2. The molecule has 7 nitrogen and oxygen atoms in total. The molecule has 2 aliphatic rings. The Morgan fingerprint density at radius 1 is 1.17 bits per heavy atom. The third-order valence-electron chi connectivity index (χ3n) is 2.80. The maximum Gasteiger partial charge on any atom is 0.351 e. The molecular weight excluding hydrogens is 348 g/mol. The smallest absolute Gasteiger partial charge is 0.351 e. The second-order valence-electron chi connectivity index (χ2n) is 3.97. The van der Waals surface area contributed by atoms with Gasteiger partial charge in [0.1, 0.15) is 0 Å². The van der Waals surface area contributed by atoms with E-state index < -0.39 is 20.1 Å². The molecule has 10 heteroatoms. The van der Waals surface area contributed by atoms with Crippen LogP contribution >= 0.6 is 31.1 Å². The summed E-state index contributed by atoms with van der Waals surface area (Å²) >= 11 is 3.16. The lowest BCUT2D eigenvalue weighted by molar-refractivity contribution is 0.333. The van der Waals surface area contributed by atoms with Gasteiger partial charge in [-0.05, 0) is 39.2 Å². The molecule has 0 unspecified atom stereocenters. The van der Waals surface area contributed by atoms with Crippen LogP contribution in [0.1, 0.15) is 0 Å². The van der Waals surface area contributed by atoms with Crippen LogP contribution in [-0.2, 0) is 9.13 Å². The summed E-state index contributed by atoms with van der Waals surface area (Å²) in [5, 5.41) is 2.82. The predicted octanol–water partition coefficient (Wildman–Crippen LogP) is 0.744. The van der Waals surface area contributed by atoms with Crippen LogP contribution in [0.4, 0.5) is 0 Å². The van der Waals surface area contributed by atoms with Gasteiger partial charge in [-0.25, -0.2) is 0 Å². The number of nitrogens with one attached hydrogen (secondary N) is 1. The highest BCUT2D eigenvalue weighted by molar-refractivity contribution is 9.12. The molecule has 0 saturated carbocycles. The van der Waals surface area contributed by atoms with Crippen molar-refractivity contribution >= 4 is 31.1 Å². The van der Waals surface area contributed by atoms with Crippen LogP contribution in [0.5, 0.6) is 0 Å². The Kier molecular flexibility index (Phi) is 3.28. The number of allylic oxidation sites excluding steroid dienone is 3. The van der Waals surface area contributed by atoms with Gasteiger partial charge in [0, 0.05) is 17.2 Å². The first-order chi connectivity index (χ1) is 8.08. The molecule has 2 rings (SSSR count). The van der Waals surface area contributed by atoms with Crippen LogP contribution in [0.3, 0.4) is 0 Å². The second-order valence-corrected chi connectivity index (χ2v) is 8.84. The Hall–Kier alpha value is -0.200. The van der Waals surface area contributed by atoms with E-state index in [4.69, 9.17) is 0 Å². The van der Waals surface area contributed by atoms with E-state index in [-0.39, 0.29) is 6.54 Å². The van der Waals surface area contributed by atoms with Gasteiger partial charge >= 0.3 is 15.2 Å². The summed E-state index contributed by atoms with van der Waals surface area (Å²) < 4.78 is 23.5. The second kappa shape index (κ2) is 4.15. The maximum absolute atomic E-state index is 11.5. The lowest BCUT2D eigenvalue weighted by Gasteiger charge is -2.26. The molecule has 0 fully saturated rings. The van der Waals surface area contributed by atoms with Crippen molar-refractivity contribution in [2.75, 3.05) is 6.54 Å². The molecule has 0 atom stereocenters.